The summed E-state index contributed by atoms with van der Waals surface area (Å²) in [6, 6.07) is 13.0. The highest BCUT2D eigenvalue weighted by Crippen LogP contribution is 2.57. The van der Waals surface area contributed by atoms with Gasteiger partial charge in [-0.3, -0.25) is 33.7 Å². The van der Waals surface area contributed by atoms with E-state index in [1.54, 1.807) is 48.6 Å². The van der Waals surface area contributed by atoms with Crippen LogP contribution in [0.15, 0.2) is 104 Å². The Kier molecular flexibility index (Phi) is 14.7. The molecular weight excluding hydrogens is 1030 g/mol. The second-order valence-electron chi connectivity index (χ2n) is 17.2. The fraction of sp³-hybridized carbons (Fsp3) is 0.314. The molecule has 0 bridgehead atoms. The standard InChI is InChI=1S/C51H44ClN3O17S2/c1-5-6-13-65-41-19-38-27(15-37(41)52)14-33(48(62)71-38)45(60)53-20-42(59)54-43-46(61)55-44(50(64)67-23-66-24(2)56)28(22-74-47(43)55)21-73-31-9-12-34-32(18-31)49(63)72-51(34)35-10-7-29(68-25(3)57)16-39(35)70-40-17-30(69-26(4)58)8-11-36(40)51/h7-12,14-19,35,39,43,47H,5-6,13,20-23H2,1-4H3,(H,53,60)(H,54,59). The van der Waals surface area contributed by atoms with Gasteiger partial charge in [0.2, 0.25) is 12.7 Å². The van der Waals surface area contributed by atoms with E-state index in [0.29, 0.717) is 39.3 Å². The molecule has 1 spiro atoms. The van der Waals surface area contributed by atoms with Crippen molar-refractivity contribution in [1.82, 2.24) is 15.5 Å². The number of ether oxygens (including phenoxy) is 7. The molecule has 5 heterocycles. The van der Waals surface area contributed by atoms with Crippen molar-refractivity contribution < 1.29 is 75.9 Å². The van der Waals surface area contributed by atoms with Crippen LogP contribution in [0.4, 0.5) is 0 Å². The van der Waals surface area contributed by atoms with Crippen LogP contribution < -0.4 is 30.5 Å². The van der Waals surface area contributed by atoms with Crippen molar-refractivity contribution in [2.75, 3.05) is 31.5 Å². The summed E-state index contributed by atoms with van der Waals surface area (Å²) in [5, 5.41) is 4.77. The van der Waals surface area contributed by atoms with E-state index in [-0.39, 0.29) is 50.6 Å². The number of fused-ring (bicyclic) bond motifs is 8. The van der Waals surface area contributed by atoms with Gasteiger partial charge in [0.1, 0.15) is 57.4 Å². The Balaban J connectivity index is 0.908. The first kappa shape index (κ1) is 51.3. The molecular formula is C51H44ClN3O17S2. The van der Waals surface area contributed by atoms with E-state index in [9.17, 15) is 43.2 Å². The van der Waals surface area contributed by atoms with Crippen molar-refractivity contribution in [1.29, 1.82) is 0 Å². The van der Waals surface area contributed by atoms with Crippen molar-refractivity contribution in [3.63, 3.8) is 0 Å². The molecule has 74 heavy (non-hydrogen) atoms. The van der Waals surface area contributed by atoms with Crippen LogP contribution >= 0.6 is 35.1 Å². The molecule has 5 aliphatic rings. The molecule has 0 saturated carbocycles. The number of halogens is 1. The van der Waals surface area contributed by atoms with Crippen molar-refractivity contribution in [3.05, 3.63) is 128 Å². The smallest absolute Gasteiger partial charge is 0.357 e. The fourth-order valence-corrected chi connectivity index (χ4v) is 11.6. The highest BCUT2D eigenvalue weighted by molar-refractivity contribution is 8.01. The number of rotatable bonds is 16. The van der Waals surface area contributed by atoms with Gasteiger partial charge in [-0.2, -0.15) is 0 Å². The van der Waals surface area contributed by atoms with E-state index in [4.69, 9.17) is 49.2 Å². The van der Waals surface area contributed by atoms with Gasteiger partial charge in [0, 0.05) is 65.8 Å². The molecule has 1 saturated heterocycles. The van der Waals surface area contributed by atoms with Crippen molar-refractivity contribution in [2.24, 2.45) is 5.92 Å². The predicted molar refractivity (Wildman–Crippen MR) is 263 cm³/mol. The number of hydrogen-bond donors (Lipinski definition) is 2. The predicted octanol–water partition coefficient (Wildman–Crippen LogP) is 5.60. The average molecular weight is 1070 g/mol. The third-order valence-corrected chi connectivity index (χ3v) is 15.0. The van der Waals surface area contributed by atoms with Gasteiger partial charge >= 0.3 is 35.5 Å². The minimum Gasteiger partial charge on any atom is -0.492 e. The summed E-state index contributed by atoms with van der Waals surface area (Å²) in [7, 11) is 0. The molecule has 384 valence electrons. The summed E-state index contributed by atoms with van der Waals surface area (Å²) in [5.41, 5.74) is -1.08. The van der Waals surface area contributed by atoms with Gasteiger partial charge in [0.25, 0.3) is 11.8 Å². The normalized spacial score (nSPS) is 20.9. The van der Waals surface area contributed by atoms with Crippen LogP contribution in [0.25, 0.3) is 11.0 Å². The first-order valence-corrected chi connectivity index (χ1v) is 25.4. The molecule has 5 unspecified atom stereocenters. The highest BCUT2D eigenvalue weighted by atomic mass is 35.5. The van der Waals surface area contributed by atoms with Gasteiger partial charge in [0.05, 0.1) is 29.7 Å². The number of allylic oxidation sites excluding steroid dienone is 1. The zero-order chi connectivity index (χ0) is 52.6. The van der Waals surface area contributed by atoms with E-state index in [1.807, 2.05) is 6.92 Å². The van der Waals surface area contributed by atoms with Crippen LogP contribution in [0.1, 0.15) is 72.4 Å². The molecule has 9 rings (SSSR count). The third kappa shape index (κ3) is 10.1. The van der Waals surface area contributed by atoms with Crippen LogP contribution in [0.2, 0.25) is 5.02 Å². The number of nitrogens with one attached hydrogen (secondary N) is 2. The lowest BCUT2D eigenvalue weighted by molar-refractivity contribution is -0.166. The van der Waals surface area contributed by atoms with Crippen LogP contribution in [-0.4, -0.2) is 101 Å². The molecule has 3 amide bonds. The lowest BCUT2D eigenvalue weighted by Crippen LogP contribution is -2.71. The maximum atomic E-state index is 14.0. The molecule has 3 aromatic carbocycles. The van der Waals surface area contributed by atoms with Crippen LogP contribution in [0, 0.1) is 5.92 Å². The number of thioether (sulfide) groups is 2. The monoisotopic (exact) mass is 1070 g/mol. The van der Waals surface area contributed by atoms with Crippen molar-refractivity contribution in [2.45, 2.75) is 68.6 Å². The zero-order valence-corrected chi connectivity index (χ0v) is 42.2. The Hall–Kier alpha value is -7.56. The molecule has 4 aliphatic heterocycles. The van der Waals surface area contributed by atoms with Gasteiger partial charge in [-0.1, -0.05) is 37.1 Å². The number of carbonyl (C=O) groups excluding carboxylic acids is 8. The number of unbranched alkanes of at least 4 members (excludes halogenated alkanes) is 1. The molecule has 1 fully saturated rings. The van der Waals surface area contributed by atoms with Gasteiger partial charge < -0.3 is 48.2 Å². The molecule has 2 N–H and O–H groups in total. The third-order valence-electron chi connectivity index (χ3n) is 12.2. The van der Waals surface area contributed by atoms with E-state index in [2.05, 4.69) is 10.6 Å². The minimum absolute atomic E-state index is 0.110. The first-order chi connectivity index (χ1) is 35.4. The second-order valence-corrected chi connectivity index (χ2v) is 19.8. The van der Waals surface area contributed by atoms with Crippen molar-refractivity contribution in [3.8, 4) is 17.2 Å². The first-order valence-electron chi connectivity index (χ1n) is 23.0. The Morgan fingerprint density at radius 2 is 1.72 bits per heavy atom. The fourth-order valence-electron chi connectivity index (χ4n) is 8.99. The molecule has 23 heteroatoms. The van der Waals surface area contributed by atoms with Gasteiger partial charge in [0.15, 0.2) is 5.60 Å². The molecule has 5 atom stereocenters. The maximum Gasteiger partial charge on any atom is 0.357 e. The van der Waals surface area contributed by atoms with Crippen LogP contribution in [0.3, 0.4) is 0 Å². The number of nitrogens with zero attached hydrogens (tertiary/aromatic N) is 1. The number of β-lactam (4-membered cyclic amide) rings is 1. The molecule has 4 aromatic rings. The number of carbonyl (C=O) groups is 8. The summed E-state index contributed by atoms with van der Waals surface area (Å²) < 4.78 is 44.5. The molecule has 1 aliphatic carbocycles. The maximum absolute atomic E-state index is 14.0. The van der Waals surface area contributed by atoms with Gasteiger partial charge in [-0.25, -0.2) is 14.4 Å². The minimum atomic E-state index is -1.43. The summed E-state index contributed by atoms with van der Waals surface area (Å²) in [6.45, 7) is 4.69. The second kappa shape index (κ2) is 21.1. The van der Waals surface area contributed by atoms with Crippen LogP contribution in [-0.2, 0) is 53.3 Å². The summed E-state index contributed by atoms with van der Waals surface area (Å²) in [4.78, 5) is 118. The zero-order valence-electron chi connectivity index (χ0n) is 39.8. The summed E-state index contributed by atoms with van der Waals surface area (Å²) in [6.07, 6.45) is 5.84. The number of esters is 5. The quantitative estimate of drug-likeness (QED) is 0.0202. The van der Waals surface area contributed by atoms with E-state index in [0.717, 1.165) is 19.8 Å². The number of benzene rings is 3. The molecule has 0 radical (unpaired) electrons. The summed E-state index contributed by atoms with van der Waals surface area (Å²) in [5.74, 6) is -5.12. The Labute approximate surface area is 434 Å². The van der Waals surface area contributed by atoms with Crippen molar-refractivity contribution >= 4 is 93.7 Å². The highest BCUT2D eigenvalue weighted by Gasteiger charge is 2.59. The van der Waals surface area contributed by atoms with E-state index >= 15 is 0 Å². The number of hydrogen-bond acceptors (Lipinski definition) is 19. The Bertz CT molecular complexity index is 3240. The van der Waals surface area contributed by atoms with Gasteiger partial charge in [-0.05, 0) is 60.5 Å². The average Bonchev–Trinajstić information content (AvgIpc) is 3.64. The molecule has 1 aromatic heterocycles. The largest absolute Gasteiger partial charge is 0.492 e. The van der Waals surface area contributed by atoms with Crippen LogP contribution in [0.5, 0.6) is 17.2 Å². The van der Waals surface area contributed by atoms with Gasteiger partial charge in [-0.15, -0.1) is 23.5 Å². The van der Waals surface area contributed by atoms with E-state index in [1.165, 1.54) is 66.5 Å². The lowest BCUT2D eigenvalue weighted by Gasteiger charge is -2.49. The lowest BCUT2D eigenvalue weighted by atomic mass is 9.70. The topological polar surface area (TPSA) is 259 Å². The summed E-state index contributed by atoms with van der Waals surface area (Å²) >= 11 is 8.87. The van der Waals surface area contributed by atoms with E-state index < -0.39 is 101 Å². The Morgan fingerprint density at radius 3 is 2.47 bits per heavy atom. The number of amides is 3. The Morgan fingerprint density at radius 1 is 0.932 bits per heavy atom. The SMILES string of the molecule is CCCCOc1cc2oc(=O)c(C(=O)NCC(=O)NC3C(=O)N4C(C(=O)OCOC(C)=O)=C(CSc5ccc6c(c5)C(=O)OC65c6ccc(OC(C)=O)cc6OC6C=C(OC(C)=O)C=CC65)CSC34)cc2cc1Cl. The molecule has 20 nitrogen and oxygen atoms in total.